The van der Waals surface area contributed by atoms with E-state index in [1.54, 1.807) is 0 Å². The van der Waals surface area contributed by atoms with Crippen molar-refractivity contribution in [2.24, 2.45) is 0 Å². The zero-order valence-corrected chi connectivity index (χ0v) is 53.0. The van der Waals surface area contributed by atoms with E-state index in [0.29, 0.717) is 11.5 Å². The predicted octanol–water partition coefficient (Wildman–Crippen LogP) is 17.6. The number of benzene rings is 10. The molecule has 85 heavy (non-hydrogen) atoms. The van der Waals surface area contributed by atoms with E-state index in [0.717, 1.165) is 67.1 Å². The van der Waals surface area contributed by atoms with Crippen molar-refractivity contribution in [3.63, 3.8) is 0 Å². The molecular weight excluding hydrogens is 1230 g/mol. The van der Waals surface area contributed by atoms with E-state index in [2.05, 4.69) is 320 Å². The molecule has 0 bridgehead atoms. The Morgan fingerprint density at radius 1 is 0.412 bits per heavy atom. The third-order valence-electron chi connectivity index (χ3n) is 16.7. The third-order valence-corrected chi connectivity index (χ3v) is 21.5. The molecule has 12 aromatic rings. The van der Waals surface area contributed by atoms with Crippen LogP contribution in [0.2, 0.25) is 0 Å². The van der Waals surface area contributed by atoms with Gasteiger partial charge >= 0.3 is 0 Å². The fourth-order valence-electron chi connectivity index (χ4n) is 12.1. The number of aromatic nitrogens is 2. The number of rotatable bonds is 11. The van der Waals surface area contributed by atoms with Gasteiger partial charge in [0.2, 0.25) is 0 Å². The fraction of sp³-hybridized carbons (Fsp3) is 0.154. The summed E-state index contributed by atoms with van der Waals surface area (Å²) in [6.07, 6.45) is 1.93. The molecule has 13 rings (SSSR count). The summed E-state index contributed by atoms with van der Waals surface area (Å²) in [6.45, 7) is 22.7. The van der Waals surface area contributed by atoms with Gasteiger partial charge in [0.15, 0.2) is 8.07 Å². The van der Waals surface area contributed by atoms with Gasteiger partial charge in [0.05, 0.1) is 0 Å². The molecule has 7 heteroatoms. The standard InChI is InChI=1S/C78H69N4OSi.Pt/c1-76(2,3)58-42-43-79-75(50-58)82-71-40-36-56(55-26-22-35-68(44-55)84(65-29-16-11-17-30-65,66-31-18-12-19-32-66)67-33-20-13-21-34-67)45-70(71)69-39-38-64(52-73(69)82)83-63-28-23-27-61(51-63)80-53-81(62-48-59(77(4,5)6)47-60(49-62)78(7,8)9)74-46-57(37-41-72(74)80)54-24-14-10-15-25-54;/h10-50,53H,1-9H3;/q-3;. The van der Waals surface area contributed by atoms with Crippen molar-refractivity contribution in [2.75, 3.05) is 9.80 Å². The summed E-state index contributed by atoms with van der Waals surface area (Å²) in [6, 6.07) is 96.2. The van der Waals surface area contributed by atoms with E-state index in [9.17, 15) is 0 Å². The Morgan fingerprint density at radius 3 is 1.58 bits per heavy atom. The van der Waals surface area contributed by atoms with Gasteiger partial charge in [-0.3, -0.25) is 0 Å². The Bertz CT molecular complexity index is 4260. The van der Waals surface area contributed by atoms with Gasteiger partial charge in [-0.15, -0.1) is 48.1 Å². The predicted molar refractivity (Wildman–Crippen MR) is 355 cm³/mol. The van der Waals surface area contributed by atoms with E-state index in [1.807, 2.05) is 24.4 Å². The van der Waals surface area contributed by atoms with Crippen molar-refractivity contribution >= 4 is 73.4 Å². The first-order valence-electron chi connectivity index (χ1n) is 29.2. The Kier molecular flexibility index (Phi) is 15.0. The second-order valence-corrected chi connectivity index (χ2v) is 29.2. The van der Waals surface area contributed by atoms with Crippen LogP contribution >= 0.6 is 0 Å². The molecular formula is C78H69N4OPtSi-3. The number of pyridine rings is 1. The average Bonchev–Trinajstić information content (AvgIpc) is 2.01. The Labute approximate surface area is 517 Å². The Balaban J connectivity index is 0.00000709. The molecule has 3 heterocycles. The number of ether oxygens (including phenoxy) is 1. The van der Waals surface area contributed by atoms with E-state index in [1.165, 1.54) is 43.0 Å². The number of fused-ring (bicyclic) bond motifs is 4. The molecule has 0 saturated heterocycles. The summed E-state index contributed by atoms with van der Waals surface area (Å²) >= 11 is 0. The quantitative estimate of drug-likeness (QED) is 0.0734. The van der Waals surface area contributed by atoms with Crippen molar-refractivity contribution in [2.45, 2.75) is 78.6 Å². The Morgan fingerprint density at radius 2 is 0.953 bits per heavy atom. The molecule has 0 radical (unpaired) electrons. The van der Waals surface area contributed by atoms with Crippen LogP contribution in [-0.4, -0.2) is 17.6 Å². The minimum atomic E-state index is -2.78. The molecule has 0 amide bonds. The molecule has 1 aliphatic rings. The van der Waals surface area contributed by atoms with Crippen LogP contribution in [-0.2, 0) is 37.3 Å². The zero-order chi connectivity index (χ0) is 58.0. The maximum atomic E-state index is 6.89. The van der Waals surface area contributed by atoms with E-state index < -0.39 is 8.07 Å². The van der Waals surface area contributed by atoms with Crippen LogP contribution in [0.25, 0.3) is 49.9 Å². The van der Waals surface area contributed by atoms with E-state index in [-0.39, 0.29) is 37.3 Å². The topological polar surface area (TPSA) is 33.5 Å². The fourth-order valence-corrected chi connectivity index (χ4v) is 16.9. The van der Waals surface area contributed by atoms with Crippen LogP contribution in [0.1, 0.15) is 79.0 Å². The summed E-state index contributed by atoms with van der Waals surface area (Å²) in [5.41, 5.74) is 14.3. The first-order valence-corrected chi connectivity index (χ1v) is 31.2. The molecule has 2 aromatic heterocycles. The van der Waals surface area contributed by atoms with Crippen LogP contribution in [0.5, 0.6) is 11.5 Å². The third kappa shape index (κ3) is 10.8. The molecule has 0 spiro atoms. The average molecular weight is 1300 g/mol. The first-order chi connectivity index (χ1) is 40.5. The molecule has 424 valence electrons. The molecule has 1 aliphatic heterocycles. The second-order valence-electron chi connectivity index (χ2n) is 25.4. The summed E-state index contributed by atoms with van der Waals surface area (Å²) in [5, 5.41) is 7.52. The molecule has 0 saturated carbocycles. The van der Waals surface area contributed by atoms with Crippen molar-refractivity contribution in [3.05, 3.63) is 284 Å². The minimum absolute atomic E-state index is 0. The molecule has 0 N–H and O–H groups in total. The molecule has 10 aromatic carbocycles. The normalized spacial score (nSPS) is 12.8. The summed E-state index contributed by atoms with van der Waals surface area (Å²) in [7, 11) is -2.78. The van der Waals surface area contributed by atoms with Gasteiger partial charge in [-0.05, 0) is 124 Å². The van der Waals surface area contributed by atoms with Crippen molar-refractivity contribution in [1.82, 2.24) is 9.55 Å². The van der Waals surface area contributed by atoms with Crippen LogP contribution in [0, 0.1) is 18.8 Å². The number of hydrogen-bond acceptors (Lipinski definition) is 4. The monoisotopic (exact) mass is 1300 g/mol. The van der Waals surface area contributed by atoms with Gasteiger partial charge in [-0.1, -0.05) is 238 Å². The molecule has 0 aliphatic carbocycles. The largest absolute Gasteiger partial charge is 0.509 e. The van der Waals surface area contributed by atoms with Crippen molar-refractivity contribution in [1.29, 1.82) is 0 Å². The summed E-state index contributed by atoms with van der Waals surface area (Å²) < 4.78 is 9.14. The van der Waals surface area contributed by atoms with Crippen LogP contribution in [0.15, 0.2) is 249 Å². The van der Waals surface area contributed by atoms with Gasteiger partial charge in [-0.2, -0.15) is 12.1 Å². The summed E-state index contributed by atoms with van der Waals surface area (Å²) in [4.78, 5) is 9.63. The van der Waals surface area contributed by atoms with Gasteiger partial charge in [-0.25, -0.2) is 4.98 Å². The van der Waals surface area contributed by atoms with Crippen molar-refractivity contribution < 1.29 is 25.8 Å². The number of anilines is 4. The molecule has 0 unspecified atom stereocenters. The van der Waals surface area contributed by atoms with Gasteiger partial charge in [0, 0.05) is 61.3 Å². The van der Waals surface area contributed by atoms with Gasteiger partial charge < -0.3 is 19.1 Å². The van der Waals surface area contributed by atoms with E-state index in [4.69, 9.17) is 9.72 Å². The molecule has 0 atom stereocenters. The number of nitrogens with zero attached hydrogens (tertiary/aromatic N) is 4. The Hall–Kier alpha value is -8.54. The molecule has 5 nitrogen and oxygen atoms in total. The minimum Gasteiger partial charge on any atom is -0.509 e. The number of hydrogen-bond donors (Lipinski definition) is 0. The van der Waals surface area contributed by atoms with Crippen molar-refractivity contribution in [3.8, 4) is 39.6 Å². The first kappa shape index (κ1) is 56.9. The van der Waals surface area contributed by atoms with Gasteiger partial charge in [0.1, 0.15) is 5.82 Å². The summed E-state index contributed by atoms with van der Waals surface area (Å²) in [5.74, 6) is 1.99. The van der Waals surface area contributed by atoms with Crippen LogP contribution in [0.4, 0.5) is 22.7 Å². The maximum absolute atomic E-state index is 6.89. The van der Waals surface area contributed by atoms with Crippen LogP contribution < -0.4 is 35.3 Å². The van der Waals surface area contributed by atoms with E-state index >= 15 is 0 Å². The second kappa shape index (κ2) is 22.5. The zero-order valence-electron chi connectivity index (χ0n) is 49.8. The SMILES string of the molecule is CC(C)(C)c1cc(N2[CH-]N(c3[c-]c(Oc4[c-]c5c(cc4)c4cc(-c6cccc([Si](c7ccccc7)(c7ccccc7)c7ccccc7)c6)ccc4n5-c4cc(C(C)(C)C)ccn4)ccc3)c3ccc(-c4ccccc4)cc32)cc(C(C)(C)C)c1.[Pt]. The maximum Gasteiger partial charge on any atom is 0.179 e. The smallest absolute Gasteiger partial charge is 0.179 e. The van der Waals surface area contributed by atoms with Crippen LogP contribution in [0.3, 0.4) is 0 Å². The molecule has 0 fully saturated rings. The van der Waals surface area contributed by atoms with Gasteiger partial charge in [0.25, 0.3) is 0 Å².